The Kier molecular flexibility index (Phi) is 9.45. The van der Waals surface area contributed by atoms with E-state index in [1.54, 1.807) is 0 Å². The average Bonchev–Trinajstić information content (AvgIpc) is 2.97. The molecule has 0 aliphatic carbocycles. The Morgan fingerprint density at radius 2 is 1.89 bits per heavy atom. The molecular weight excluding hydrogens is 360 g/mol. The average molecular weight is 397 g/mol. The number of unbranched alkanes of at least 4 members (excludes halogenated alkanes) is 1. The fourth-order valence-corrected chi connectivity index (χ4v) is 3.74. The highest BCUT2D eigenvalue weighted by molar-refractivity contribution is 6.30. The summed E-state index contributed by atoms with van der Waals surface area (Å²) < 4.78 is 2.07. The topological polar surface area (TPSA) is 39.0 Å². The van der Waals surface area contributed by atoms with Crippen LogP contribution < -0.4 is 5.32 Å². The van der Waals surface area contributed by atoms with Crippen molar-refractivity contribution in [2.75, 3.05) is 59.4 Å². The van der Waals surface area contributed by atoms with Crippen molar-refractivity contribution in [1.82, 2.24) is 24.6 Å². The molecule has 2 heterocycles. The molecule has 0 spiro atoms. The molecule has 0 saturated carbocycles. The van der Waals surface area contributed by atoms with Crippen LogP contribution in [-0.2, 0) is 13.6 Å². The number of likely N-dealkylation sites (N-methyl/N-ethyl adjacent to an activating group) is 1. The Balaban J connectivity index is 1.73. The smallest absolute Gasteiger partial charge is 0.194 e. The lowest BCUT2D eigenvalue weighted by molar-refractivity contribution is 0.136. The SMILES string of the molecule is CCNC(=NCCCCN1CCN(CC)CC1)N(C)Cc1cc(Cl)cn1C. The minimum atomic E-state index is 0.780. The summed E-state index contributed by atoms with van der Waals surface area (Å²) in [5.74, 6) is 0.964. The second kappa shape index (κ2) is 11.6. The Labute approximate surface area is 170 Å². The van der Waals surface area contributed by atoms with Gasteiger partial charge in [0.15, 0.2) is 5.96 Å². The van der Waals surface area contributed by atoms with Crippen LogP contribution in [-0.4, -0.2) is 84.6 Å². The van der Waals surface area contributed by atoms with E-state index in [1.165, 1.54) is 51.4 Å². The maximum Gasteiger partial charge on any atom is 0.194 e. The van der Waals surface area contributed by atoms with Crippen molar-refractivity contribution in [2.45, 2.75) is 33.2 Å². The summed E-state index contributed by atoms with van der Waals surface area (Å²) in [6.45, 7) is 14.1. The van der Waals surface area contributed by atoms with Crippen LogP contribution in [0.5, 0.6) is 0 Å². The molecule has 27 heavy (non-hydrogen) atoms. The molecule has 2 rings (SSSR count). The summed E-state index contributed by atoms with van der Waals surface area (Å²) in [5, 5.41) is 4.18. The normalized spacial score (nSPS) is 16.7. The van der Waals surface area contributed by atoms with E-state index in [9.17, 15) is 0 Å². The van der Waals surface area contributed by atoms with Gasteiger partial charge in [0.2, 0.25) is 0 Å². The van der Waals surface area contributed by atoms with Gasteiger partial charge in [0.05, 0.1) is 11.6 Å². The second-order valence-electron chi connectivity index (χ2n) is 7.34. The quantitative estimate of drug-likeness (QED) is 0.395. The van der Waals surface area contributed by atoms with Crippen LogP contribution in [0.1, 0.15) is 32.4 Å². The zero-order valence-corrected chi connectivity index (χ0v) is 18.3. The summed E-state index contributed by atoms with van der Waals surface area (Å²) in [7, 11) is 4.11. The fourth-order valence-electron chi connectivity index (χ4n) is 3.47. The number of guanidine groups is 1. The molecule has 6 nitrogen and oxygen atoms in total. The highest BCUT2D eigenvalue weighted by Crippen LogP contribution is 2.14. The van der Waals surface area contributed by atoms with Crippen molar-refractivity contribution >= 4 is 17.6 Å². The van der Waals surface area contributed by atoms with E-state index in [1.807, 2.05) is 19.3 Å². The number of aromatic nitrogens is 1. The van der Waals surface area contributed by atoms with Gasteiger partial charge < -0.3 is 24.6 Å². The van der Waals surface area contributed by atoms with Crippen LogP contribution in [0.15, 0.2) is 17.3 Å². The molecule has 1 N–H and O–H groups in total. The van der Waals surface area contributed by atoms with Crippen LogP contribution in [0.2, 0.25) is 5.02 Å². The highest BCUT2D eigenvalue weighted by Gasteiger charge is 2.14. The lowest BCUT2D eigenvalue weighted by Gasteiger charge is -2.33. The van der Waals surface area contributed by atoms with Crippen molar-refractivity contribution in [2.24, 2.45) is 12.0 Å². The molecule has 1 aromatic heterocycles. The monoisotopic (exact) mass is 396 g/mol. The first-order chi connectivity index (χ1) is 13.0. The number of aryl methyl sites for hydroxylation is 1. The maximum atomic E-state index is 6.10. The number of hydrogen-bond donors (Lipinski definition) is 1. The zero-order valence-electron chi connectivity index (χ0n) is 17.5. The third-order valence-corrected chi connectivity index (χ3v) is 5.43. The van der Waals surface area contributed by atoms with Gasteiger partial charge in [-0.25, -0.2) is 0 Å². The van der Waals surface area contributed by atoms with Gasteiger partial charge in [-0.1, -0.05) is 18.5 Å². The fraction of sp³-hybridized carbons (Fsp3) is 0.750. The summed E-state index contributed by atoms with van der Waals surface area (Å²) in [6, 6.07) is 2.01. The number of nitrogens with one attached hydrogen (secondary N) is 1. The first-order valence-electron chi connectivity index (χ1n) is 10.3. The number of halogens is 1. The molecular formula is C20H37ClN6. The molecule has 0 bridgehead atoms. The molecule has 0 unspecified atom stereocenters. The van der Waals surface area contributed by atoms with E-state index in [0.717, 1.165) is 37.0 Å². The predicted molar refractivity (Wildman–Crippen MR) is 116 cm³/mol. The van der Waals surface area contributed by atoms with E-state index < -0.39 is 0 Å². The summed E-state index contributed by atoms with van der Waals surface area (Å²) >= 11 is 6.10. The van der Waals surface area contributed by atoms with Crippen LogP contribution in [0.3, 0.4) is 0 Å². The molecule has 1 fully saturated rings. The van der Waals surface area contributed by atoms with E-state index in [4.69, 9.17) is 16.6 Å². The van der Waals surface area contributed by atoms with Gasteiger partial charge in [0, 0.05) is 65.3 Å². The first kappa shape index (κ1) is 22.1. The Morgan fingerprint density at radius 3 is 2.48 bits per heavy atom. The van der Waals surface area contributed by atoms with Gasteiger partial charge in [-0.2, -0.15) is 0 Å². The largest absolute Gasteiger partial charge is 0.357 e. The van der Waals surface area contributed by atoms with Crippen LogP contribution in [0, 0.1) is 0 Å². The Bertz CT molecular complexity index is 577. The summed E-state index contributed by atoms with van der Waals surface area (Å²) in [4.78, 5) is 12.1. The van der Waals surface area contributed by atoms with Gasteiger partial charge in [0.1, 0.15) is 0 Å². The minimum absolute atomic E-state index is 0.780. The first-order valence-corrected chi connectivity index (χ1v) is 10.7. The second-order valence-corrected chi connectivity index (χ2v) is 7.77. The number of aliphatic imine (C=N–C) groups is 1. The predicted octanol–water partition coefficient (Wildman–Crippen LogP) is 2.49. The minimum Gasteiger partial charge on any atom is -0.357 e. The Morgan fingerprint density at radius 1 is 1.19 bits per heavy atom. The standard InChI is InChI=1S/C20H37ClN6/c1-5-22-20(25(4)17-19-15-18(21)16-24(19)3)23-9-7-8-10-27-13-11-26(6-2)12-14-27/h15-16H,5-14,17H2,1-4H3,(H,22,23). The van der Waals surface area contributed by atoms with Gasteiger partial charge >= 0.3 is 0 Å². The van der Waals surface area contributed by atoms with E-state index >= 15 is 0 Å². The molecule has 154 valence electrons. The van der Waals surface area contributed by atoms with Crippen LogP contribution in [0.4, 0.5) is 0 Å². The summed E-state index contributed by atoms with van der Waals surface area (Å²) in [6.07, 6.45) is 4.29. The maximum absolute atomic E-state index is 6.10. The van der Waals surface area contributed by atoms with Crippen LogP contribution in [0.25, 0.3) is 0 Å². The van der Waals surface area contributed by atoms with Crippen molar-refractivity contribution in [3.8, 4) is 0 Å². The van der Waals surface area contributed by atoms with Gasteiger partial charge in [-0.05, 0) is 38.9 Å². The number of nitrogens with zero attached hydrogens (tertiary/aromatic N) is 5. The van der Waals surface area contributed by atoms with Crippen molar-refractivity contribution in [1.29, 1.82) is 0 Å². The molecule has 0 aromatic carbocycles. The molecule has 1 aliphatic rings. The zero-order chi connectivity index (χ0) is 19.6. The van der Waals surface area contributed by atoms with Crippen molar-refractivity contribution < 1.29 is 0 Å². The molecule has 1 aromatic rings. The number of piperazine rings is 1. The summed E-state index contributed by atoms with van der Waals surface area (Å²) in [5.41, 5.74) is 1.18. The third kappa shape index (κ3) is 7.35. The van der Waals surface area contributed by atoms with E-state index in [-0.39, 0.29) is 0 Å². The van der Waals surface area contributed by atoms with Gasteiger partial charge in [-0.15, -0.1) is 0 Å². The van der Waals surface area contributed by atoms with Gasteiger partial charge in [0.25, 0.3) is 0 Å². The molecule has 1 saturated heterocycles. The number of hydrogen-bond acceptors (Lipinski definition) is 3. The van der Waals surface area contributed by atoms with E-state index in [2.05, 4.69) is 45.5 Å². The lowest BCUT2D eigenvalue weighted by Crippen LogP contribution is -2.46. The molecule has 7 heteroatoms. The lowest BCUT2D eigenvalue weighted by atomic mass is 10.2. The Hall–Kier alpha value is -1.24. The number of rotatable bonds is 9. The third-order valence-electron chi connectivity index (χ3n) is 5.23. The van der Waals surface area contributed by atoms with Crippen molar-refractivity contribution in [3.63, 3.8) is 0 Å². The van der Waals surface area contributed by atoms with Crippen LogP contribution >= 0.6 is 11.6 Å². The molecule has 0 radical (unpaired) electrons. The molecule has 0 amide bonds. The van der Waals surface area contributed by atoms with Gasteiger partial charge in [-0.3, -0.25) is 4.99 Å². The molecule has 0 atom stereocenters. The van der Waals surface area contributed by atoms with Crippen molar-refractivity contribution in [3.05, 3.63) is 23.0 Å². The van der Waals surface area contributed by atoms with E-state index in [0.29, 0.717) is 0 Å². The highest BCUT2D eigenvalue weighted by atomic mass is 35.5. The molecule has 1 aliphatic heterocycles.